The van der Waals surface area contributed by atoms with E-state index in [1.807, 2.05) is 28.8 Å². The molecule has 1 aliphatic rings. The van der Waals surface area contributed by atoms with Crippen molar-refractivity contribution in [2.45, 2.75) is 11.7 Å². The number of aromatic nitrogens is 1. The number of carbonyl (C=O) groups excluding carboxylic acids is 1. The van der Waals surface area contributed by atoms with Crippen molar-refractivity contribution in [2.24, 2.45) is 0 Å². The van der Waals surface area contributed by atoms with Crippen LogP contribution in [0.15, 0.2) is 60.9 Å². The maximum atomic E-state index is 14.1. The predicted molar refractivity (Wildman–Crippen MR) is 101 cm³/mol. The zero-order valence-electron chi connectivity index (χ0n) is 14.6. The van der Waals surface area contributed by atoms with Crippen LogP contribution in [0.25, 0.3) is 5.52 Å². The lowest BCUT2D eigenvalue weighted by Gasteiger charge is -2.19. The van der Waals surface area contributed by atoms with Gasteiger partial charge < -0.3 is 9.30 Å². The van der Waals surface area contributed by atoms with E-state index in [9.17, 15) is 17.6 Å². The van der Waals surface area contributed by atoms with Crippen molar-refractivity contribution in [3.8, 4) is 0 Å². The molecule has 5 nitrogen and oxygen atoms in total. The Morgan fingerprint density at radius 1 is 1.07 bits per heavy atom. The molecule has 2 aromatic heterocycles. The molecule has 3 aromatic rings. The van der Waals surface area contributed by atoms with Crippen molar-refractivity contribution in [2.75, 3.05) is 18.8 Å². The molecule has 1 amide bonds. The molecule has 0 aliphatic carbocycles. The van der Waals surface area contributed by atoms with Crippen molar-refractivity contribution < 1.29 is 17.6 Å². The van der Waals surface area contributed by atoms with Gasteiger partial charge in [-0.25, -0.2) is 12.8 Å². The molecule has 27 heavy (non-hydrogen) atoms. The van der Waals surface area contributed by atoms with Crippen molar-refractivity contribution in [1.29, 1.82) is 0 Å². The molecule has 1 aliphatic heterocycles. The molecule has 3 heterocycles. The normalized spacial score (nSPS) is 19.7. The first-order valence-electron chi connectivity index (χ1n) is 8.78. The molecule has 4 rings (SSSR count). The molecular weight excluding hydrogens is 367 g/mol. The second kappa shape index (κ2) is 6.81. The van der Waals surface area contributed by atoms with E-state index >= 15 is 0 Å². The van der Waals surface area contributed by atoms with Crippen LogP contribution in [0.3, 0.4) is 0 Å². The fourth-order valence-corrected chi connectivity index (χ4v) is 5.39. The summed E-state index contributed by atoms with van der Waals surface area (Å²) < 4.78 is 41.4. The first-order valence-corrected chi connectivity index (χ1v) is 10.5. The number of rotatable bonds is 2. The molecule has 0 bridgehead atoms. The largest absolute Gasteiger partial charge is 0.338 e. The number of halogens is 1. The lowest BCUT2D eigenvalue weighted by Crippen LogP contribution is -2.33. The average molecular weight is 386 g/mol. The van der Waals surface area contributed by atoms with Gasteiger partial charge in [-0.15, -0.1) is 0 Å². The highest BCUT2D eigenvalue weighted by molar-refractivity contribution is 7.91. The van der Waals surface area contributed by atoms with E-state index in [2.05, 4.69) is 0 Å². The van der Waals surface area contributed by atoms with Gasteiger partial charge in [0.15, 0.2) is 9.84 Å². The summed E-state index contributed by atoms with van der Waals surface area (Å²) in [4.78, 5) is 14.4. The predicted octanol–water partition coefficient (Wildman–Crippen LogP) is 3.08. The van der Waals surface area contributed by atoms with Gasteiger partial charge in [0.05, 0.1) is 16.6 Å². The second-order valence-corrected chi connectivity index (χ2v) is 9.02. The fourth-order valence-electron chi connectivity index (χ4n) is 3.59. The summed E-state index contributed by atoms with van der Waals surface area (Å²) in [7, 11) is -3.55. The summed E-state index contributed by atoms with van der Waals surface area (Å²) in [5, 5.41) is -0.926. The van der Waals surface area contributed by atoms with E-state index in [1.54, 1.807) is 23.2 Å². The Bertz CT molecular complexity index is 1070. The van der Waals surface area contributed by atoms with Crippen LogP contribution in [-0.2, 0) is 9.84 Å². The minimum absolute atomic E-state index is 0.109. The number of nitrogens with zero attached hydrogens (tertiary/aromatic N) is 2. The van der Waals surface area contributed by atoms with Crippen LogP contribution in [0.5, 0.6) is 0 Å². The number of pyridine rings is 1. The third kappa shape index (κ3) is 3.35. The molecule has 0 saturated carbocycles. The Balaban J connectivity index is 1.60. The third-order valence-electron chi connectivity index (χ3n) is 5.03. The zero-order chi connectivity index (χ0) is 19.0. The summed E-state index contributed by atoms with van der Waals surface area (Å²) >= 11 is 0. The van der Waals surface area contributed by atoms with Crippen LogP contribution >= 0.6 is 0 Å². The van der Waals surface area contributed by atoms with E-state index in [-0.39, 0.29) is 36.7 Å². The molecule has 7 heteroatoms. The number of hydrogen-bond acceptors (Lipinski definition) is 3. The van der Waals surface area contributed by atoms with Gasteiger partial charge in [-0.3, -0.25) is 4.79 Å². The Kier molecular flexibility index (Phi) is 4.47. The van der Waals surface area contributed by atoms with Gasteiger partial charge in [-0.1, -0.05) is 24.3 Å². The zero-order valence-corrected chi connectivity index (χ0v) is 15.4. The number of amides is 1. The molecular formula is C20H19FN2O3S. The number of benzene rings is 1. The third-order valence-corrected chi connectivity index (χ3v) is 7.14. The average Bonchev–Trinajstić information content (AvgIpc) is 3.02. The van der Waals surface area contributed by atoms with Crippen molar-refractivity contribution in [3.05, 3.63) is 77.9 Å². The van der Waals surface area contributed by atoms with Gasteiger partial charge >= 0.3 is 0 Å². The lowest BCUT2D eigenvalue weighted by atomic mass is 10.1. The van der Waals surface area contributed by atoms with Crippen molar-refractivity contribution in [1.82, 2.24) is 9.30 Å². The molecule has 1 fully saturated rings. The molecule has 1 atom stereocenters. The highest BCUT2D eigenvalue weighted by Crippen LogP contribution is 2.31. The topological polar surface area (TPSA) is 58.9 Å². The maximum Gasteiger partial charge on any atom is 0.255 e. The maximum absolute atomic E-state index is 14.1. The highest BCUT2D eigenvalue weighted by Gasteiger charge is 2.34. The number of carbonyl (C=O) groups is 1. The number of sulfone groups is 1. The quantitative estimate of drug-likeness (QED) is 0.680. The number of hydrogen-bond donors (Lipinski definition) is 0. The highest BCUT2D eigenvalue weighted by atomic mass is 32.2. The van der Waals surface area contributed by atoms with E-state index in [1.165, 1.54) is 18.2 Å². The van der Waals surface area contributed by atoms with Gasteiger partial charge in [0.2, 0.25) is 0 Å². The first kappa shape index (κ1) is 17.7. The summed E-state index contributed by atoms with van der Waals surface area (Å²) in [5.41, 5.74) is 1.59. The molecule has 0 radical (unpaired) electrons. The molecule has 0 N–H and O–H groups in total. The minimum atomic E-state index is -3.55. The molecule has 140 valence electrons. The molecule has 1 aromatic carbocycles. The van der Waals surface area contributed by atoms with Gasteiger partial charge in [0.25, 0.3) is 5.91 Å². The smallest absolute Gasteiger partial charge is 0.255 e. The monoisotopic (exact) mass is 386 g/mol. The van der Waals surface area contributed by atoms with E-state index < -0.39 is 20.9 Å². The molecule has 0 spiro atoms. The SMILES string of the molecule is O=C(c1cc2ccccn2c1)N1CCC(c2ccccc2F)S(=O)(=O)CC1. The van der Waals surface area contributed by atoms with Gasteiger partial charge in [0, 0.05) is 36.6 Å². The Hall–Kier alpha value is -2.67. The van der Waals surface area contributed by atoms with E-state index in [0.717, 1.165) is 5.52 Å². The fraction of sp³-hybridized carbons (Fsp3) is 0.250. The summed E-state index contributed by atoms with van der Waals surface area (Å²) in [6, 6.07) is 13.4. The van der Waals surface area contributed by atoms with Crippen LogP contribution in [0.1, 0.15) is 27.6 Å². The Morgan fingerprint density at radius 2 is 1.85 bits per heavy atom. The Labute approximate surface area is 157 Å². The summed E-state index contributed by atoms with van der Waals surface area (Å²) in [5.74, 6) is -0.905. The van der Waals surface area contributed by atoms with E-state index in [0.29, 0.717) is 5.56 Å². The minimum Gasteiger partial charge on any atom is -0.338 e. The second-order valence-electron chi connectivity index (χ2n) is 6.72. The van der Waals surface area contributed by atoms with Crippen molar-refractivity contribution >= 4 is 21.3 Å². The van der Waals surface area contributed by atoms with Crippen LogP contribution in [-0.4, -0.2) is 42.5 Å². The lowest BCUT2D eigenvalue weighted by molar-refractivity contribution is 0.0766. The van der Waals surface area contributed by atoms with Crippen LogP contribution < -0.4 is 0 Å². The van der Waals surface area contributed by atoms with Gasteiger partial charge in [-0.05, 0) is 30.7 Å². The first-order chi connectivity index (χ1) is 13.0. The summed E-state index contributed by atoms with van der Waals surface area (Å²) in [6.07, 6.45) is 3.78. The van der Waals surface area contributed by atoms with E-state index in [4.69, 9.17) is 0 Å². The number of fused-ring (bicyclic) bond motifs is 1. The Morgan fingerprint density at radius 3 is 2.63 bits per heavy atom. The van der Waals surface area contributed by atoms with Gasteiger partial charge in [-0.2, -0.15) is 0 Å². The van der Waals surface area contributed by atoms with Gasteiger partial charge in [0.1, 0.15) is 5.82 Å². The molecule has 1 unspecified atom stereocenters. The standard InChI is InChI=1S/C20H19FN2O3S/c21-18-7-2-1-6-17(18)19-8-10-22(11-12-27(19,25)26)20(24)15-13-16-5-3-4-9-23(16)14-15/h1-7,9,13-14,19H,8,10-12H2. The summed E-state index contributed by atoms with van der Waals surface area (Å²) in [6.45, 7) is 0.377. The van der Waals surface area contributed by atoms with Crippen molar-refractivity contribution in [3.63, 3.8) is 0 Å². The van der Waals surface area contributed by atoms with Crippen LogP contribution in [0.4, 0.5) is 4.39 Å². The van der Waals surface area contributed by atoms with Crippen LogP contribution in [0.2, 0.25) is 0 Å². The molecule has 1 saturated heterocycles. The van der Waals surface area contributed by atoms with Crippen LogP contribution in [0, 0.1) is 5.82 Å².